The van der Waals surface area contributed by atoms with E-state index in [-0.39, 0.29) is 11.6 Å². The molecule has 3 aliphatic rings. The number of hydrogen-bond donors (Lipinski definition) is 0. The highest BCUT2D eigenvalue weighted by atomic mass is 19.1. The molecule has 41 heavy (non-hydrogen) atoms. The van der Waals surface area contributed by atoms with Crippen LogP contribution in [0.5, 0.6) is 0 Å². The lowest BCUT2D eigenvalue weighted by Gasteiger charge is -2.38. The van der Waals surface area contributed by atoms with Gasteiger partial charge in [-0.1, -0.05) is 70.2 Å². The first-order valence-electron chi connectivity index (χ1n) is 17.6. The average molecular weight is 563 g/mol. The predicted octanol–water partition coefficient (Wildman–Crippen LogP) is 12.4. The van der Waals surface area contributed by atoms with Crippen LogP contribution in [-0.4, -0.2) is 0 Å². The molecule has 3 aliphatic carbocycles. The van der Waals surface area contributed by atoms with Gasteiger partial charge in [-0.05, 0) is 160 Å². The van der Waals surface area contributed by atoms with Crippen LogP contribution in [0.4, 0.5) is 8.78 Å². The Morgan fingerprint density at radius 2 is 1.10 bits per heavy atom. The van der Waals surface area contributed by atoms with Gasteiger partial charge >= 0.3 is 0 Å². The second-order valence-electron chi connectivity index (χ2n) is 14.2. The maximum Gasteiger partial charge on any atom is 0.126 e. The minimum Gasteiger partial charge on any atom is -0.207 e. The van der Waals surface area contributed by atoms with Crippen molar-refractivity contribution < 1.29 is 8.78 Å². The molecular weight excluding hydrogens is 506 g/mol. The molecule has 0 radical (unpaired) electrons. The van der Waals surface area contributed by atoms with Crippen molar-refractivity contribution in [3.05, 3.63) is 70.3 Å². The van der Waals surface area contributed by atoms with Gasteiger partial charge in [-0.2, -0.15) is 0 Å². The molecular formula is C39H56F2. The van der Waals surface area contributed by atoms with Crippen LogP contribution in [0.3, 0.4) is 0 Å². The van der Waals surface area contributed by atoms with E-state index in [1.807, 2.05) is 18.2 Å². The van der Waals surface area contributed by atoms with E-state index in [1.165, 1.54) is 101 Å². The Morgan fingerprint density at radius 1 is 0.561 bits per heavy atom. The number of hydrogen-bond acceptors (Lipinski definition) is 0. The Labute approximate surface area is 250 Å². The van der Waals surface area contributed by atoms with Crippen LogP contribution in [0.1, 0.15) is 169 Å². The highest BCUT2D eigenvalue weighted by Crippen LogP contribution is 2.46. The molecule has 2 aromatic carbocycles. The van der Waals surface area contributed by atoms with E-state index in [9.17, 15) is 4.39 Å². The quantitative estimate of drug-likeness (QED) is 0.239. The third-order valence-electron chi connectivity index (χ3n) is 11.6. The van der Waals surface area contributed by atoms with Crippen molar-refractivity contribution >= 4 is 0 Å². The summed E-state index contributed by atoms with van der Waals surface area (Å²) < 4.78 is 30.1. The predicted molar refractivity (Wildman–Crippen MR) is 170 cm³/mol. The van der Waals surface area contributed by atoms with Crippen molar-refractivity contribution in [1.82, 2.24) is 0 Å². The summed E-state index contributed by atoms with van der Waals surface area (Å²) in [7, 11) is 0. The standard InChI is InChI=1S/C39H56F2/c1-3-5-7-8-28-10-12-31(13-11-28)36-24-25-37(39(41)27-36)33-20-18-30(19-21-33)29-14-16-32(17-15-29)35-23-22-34(9-6-4-2)38(40)26-35/h22-33H,3-21H2,1-2H3. The summed E-state index contributed by atoms with van der Waals surface area (Å²) >= 11 is 0. The molecule has 0 spiro atoms. The van der Waals surface area contributed by atoms with Gasteiger partial charge in [0, 0.05) is 0 Å². The molecule has 0 aromatic heterocycles. The normalized spacial score (nSPS) is 29.0. The van der Waals surface area contributed by atoms with Crippen LogP contribution >= 0.6 is 0 Å². The Kier molecular flexibility index (Phi) is 11.4. The fourth-order valence-electron chi connectivity index (χ4n) is 8.81. The fraction of sp³-hybridized carbons (Fsp3) is 0.692. The molecule has 3 fully saturated rings. The highest BCUT2D eigenvalue weighted by molar-refractivity contribution is 5.30. The molecule has 0 N–H and O–H groups in total. The minimum atomic E-state index is 0.00171. The minimum absolute atomic E-state index is 0.00171. The zero-order chi connectivity index (χ0) is 28.6. The maximum atomic E-state index is 15.4. The summed E-state index contributed by atoms with van der Waals surface area (Å²) in [6.45, 7) is 4.44. The van der Waals surface area contributed by atoms with E-state index in [1.54, 1.807) is 0 Å². The van der Waals surface area contributed by atoms with Crippen LogP contribution in [0.15, 0.2) is 36.4 Å². The smallest absolute Gasteiger partial charge is 0.126 e. The summed E-state index contributed by atoms with van der Waals surface area (Å²) in [5.74, 6) is 4.01. The highest BCUT2D eigenvalue weighted by Gasteiger charge is 2.33. The van der Waals surface area contributed by atoms with E-state index in [0.29, 0.717) is 17.8 Å². The summed E-state index contributed by atoms with van der Waals surface area (Å²) in [5.41, 5.74) is 4.32. The molecule has 5 rings (SSSR count). The summed E-state index contributed by atoms with van der Waals surface area (Å²) in [6.07, 6.45) is 23.3. The molecule has 0 atom stereocenters. The second-order valence-corrected chi connectivity index (χ2v) is 14.2. The molecule has 0 bridgehead atoms. The van der Waals surface area contributed by atoms with E-state index < -0.39 is 0 Å². The van der Waals surface area contributed by atoms with Gasteiger partial charge in [-0.15, -0.1) is 0 Å². The van der Waals surface area contributed by atoms with E-state index in [0.717, 1.165) is 61.0 Å². The van der Waals surface area contributed by atoms with E-state index in [2.05, 4.69) is 32.0 Å². The van der Waals surface area contributed by atoms with Crippen molar-refractivity contribution in [3.63, 3.8) is 0 Å². The molecule has 2 heteroatoms. The first-order valence-corrected chi connectivity index (χ1v) is 17.6. The largest absolute Gasteiger partial charge is 0.207 e. The van der Waals surface area contributed by atoms with Crippen LogP contribution in [-0.2, 0) is 6.42 Å². The molecule has 0 saturated heterocycles. The Balaban J connectivity index is 1.07. The van der Waals surface area contributed by atoms with Crippen molar-refractivity contribution in [1.29, 1.82) is 0 Å². The van der Waals surface area contributed by atoms with E-state index in [4.69, 9.17) is 0 Å². The third-order valence-corrected chi connectivity index (χ3v) is 11.6. The van der Waals surface area contributed by atoms with Crippen molar-refractivity contribution in [3.8, 4) is 0 Å². The molecule has 0 heterocycles. The molecule has 0 nitrogen and oxygen atoms in total. The van der Waals surface area contributed by atoms with Crippen LogP contribution in [0.25, 0.3) is 0 Å². The number of benzene rings is 2. The van der Waals surface area contributed by atoms with Crippen molar-refractivity contribution in [2.24, 2.45) is 17.8 Å². The van der Waals surface area contributed by atoms with Gasteiger partial charge in [-0.3, -0.25) is 0 Å². The lowest BCUT2D eigenvalue weighted by molar-refractivity contribution is 0.176. The number of rotatable bonds is 11. The second kappa shape index (κ2) is 15.2. The Bertz CT molecular complexity index is 1060. The number of halogens is 2. The first kappa shape index (κ1) is 30.7. The Morgan fingerprint density at radius 3 is 1.66 bits per heavy atom. The SMILES string of the molecule is CCCCCC1CCC(c2ccc(C3CCC(C4CCC(c5ccc(CCCC)c(F)c5)CC4)CC3)c(F)c2)CC1. The van der Waals surface area contributed by atoms with Gasteiger partial charge in [0.15, 0.2) is 0 Å². The molecule has 3 saturated carbocycles. The summed E-state index contributed by atoms with van der Waals surface area (Å²) in [5, 5.41) is 0. The third kappa shape index (κ3) is 8.03. The first-order chi connectivity index (χ1) is 20.1. The van der Waals surface area contributed by atoms with Crippen LogP contribution < -0.4 is 0 Å². The lowest BCUT2D eigenvalue weighted by Crippen LogP contribution is -2.25. The van der Waals surface area contributed by atoms with E-state index >= 15 is 4.39 Å². The zero-order valence-electron chi connectivity index (χ0n) is 26.1. The van der Waals surface area contributed by atoms with Crippen molar-refractivity contribution in [2.75, 3.05) is 0 Å². The number of aryl methyl sites for hydroxylation is 1. The monoisotopic (exact) mass is 562 g/mol. The summed E-state index contributed by atoms with van der Waals surface area (Å²) in [4.78, 5) is 0. The summed E-state index contributed by atoms with van der Waals surface area (Å²) in [6, 6.07) is 12.4. The van der Waals surface area contributed by atoms with Gasteiger partial charge in [-0.25, -0.2) is 8.78 Å². The van der Waals surface area contributed by atoms with Gasteiger partial charge in [0.2, 0.25) is 0 Å². The van der Waals surface area contributed by atoms with Crippen LogP contribution in [0, 0.1) is 29.4 Å². The van der Waals surface area contributed by atoms with Crippen molar-refractivity contribution in [2.45, 2.75) is 154 Å². The lowest BCUT2D eigenvalue weighted by atomic mass is 9.67. The van der Waals surface area contributed by atoms with Gasteiger partial charge in [0.25, 0.3) is 0 Å². The molecule has 0 aliphatic heterocycles. The topological polar surface area (TPSA) is 0 Å². The molecule has 2 aromatic rings. The van der Waals surface area contributed by atoms with Gasteiger partial charge in [0.05, 0.1) is 0 Å². The molecule has 226 valence electrons. The number of unbranched alkanes of at least 4 members (excludes halogenated alkanes) is 3. The van der Waals surface area contributed by atoms with Crippen LogP contribution in [0.2, 0.25) is 0 Å². The van der Waals surface area contributed by atoms with Gasteiger partial charge < -0.3 is 0 Å². The average Bonchev–Trinajstić information content (AvgIpc) is 3.01. The Hall–Kier alpha value is -1.70. The molecule has 0 amide bonds. The van der Waals surface area contributed by atoms with Gasteiger partial charge in [0.1, 0.15) is 11.6 Å². The fourth-order valence-corrected chi connectivity index (χ4v) is 8.81. The zero-order valence-corrected chi connectivity index (χ0v) is 26.1. The maximum absolute atomic E-state index is 15.4. The molecule has 0 unspecified atom stereocenters.